The molecule has 0 saturated carbocycles. The Balaban J connectivity index is 1.75. The monoisotopic (exact) mass is 356 g/mol. The molecule has 0 atom stereocenters. The van der Waals surface area contributed by atoms with E-state index in [2.05, 4.69) is 27.0 Å². The van der Waals surface area contributed by atoms with Crippen LogP contribution in [-0.2, 0) is 6.61 Å². The van der Waals surface area contributed by atoms with Gasteiger partial charge in [0, 0.05) is 18.8 Å². The van der Waals surface area contributed by atoms with E-state index in [9.17, 15) is 5.11 Å². The Hall–Kier alpha value is -2.35. The Kier molecular flexibility index (Phi) is 5.70. The molecule has 6 nitrogen and oxygen atoms in total. The van der Waals surface area contributed by atoms with Gasteiger partial charge < -0.3 is 15.1 Å². The molecule has 1 heterocycles. The average molecular weight is 356 g/mol. The number of benzene rings is 2. The second-order valence-electron chi connectivity index (χ2n) is 5.48. The van der Waals surface area contributed by atoms with Crippen molar-refractivity contribution in [2.45, 2.75) is 13.5 Å². The number of likely N-dealkylation sites (N-methyl/N-ethyl adjacent to an activating group) is 1. The highest BCUT2D eigenvalue weighted by Crippen LogP contribution is 2.30. The fraction of sp³-hybridized carbons (Fsp3) is 0.278. The zero-order valence-corrected chi connectivity index (χ0v) is 14.8. The molecule has 0 aliphatic heterocycles. The van der Waals surface area contributed by atoms with E-state index in [1.165, 1.54) is 11.3 Å². The Morgan fingerprint density at radius 1 is 1.08 bits per heavy atom. The van der Waals surface area contributed by atoms with Crippen molar-refractivity contribution in [1.29, 1.82) is 0 Å². The molecular formula is C18H20N4O2S. The first kappa shape index (κ1) is 17.5. The summed E-state index contributed by atoms with van der Waals surface area (Å²) in [6, 6.07) is 13.4. The minimum Gasteiger partial charge on any atom is -0.395 e. The lowest BCUT2D eigenvalue weighted by Gasteiger charge is -2.21. The average Bonchev–Trinajstić information content (AvgIpc) is 3.07. The molecule has 0 aliphatic rings. The summed E-state index contributed by atoms with van der Waals surface area (Å²) in [5.74, 6) is 0. The van der Waals surface area contributed by atoms with Crippen molar-refractivity contribution in [2.24, 2.45) is 10.2 Å². The van der Waals surface area contributed by atoms with Gasteiger partial charge in [-0.2, -0.15) is 0 Å². The van der Waals surface area contributed by atoms with E-state index in [1.807, 2.05) is 42.5 Å². The fourth-order valence-corrected chi connectivity index (χ4v) is 3.37. The number of aromatic nitrogens is 1. The molecule has 7 heteroatoms. The van der Waals surface area contributed by atoms with Crippen LogP contribution in [0.25, 0.3) is 10.2 Å². The number of nitrogens with zero attached hydrogens (tertiary/aromatic N) is 4. The van der Waals surface area contributed by atoms with E-state index in [1.54, 1.807) is 0 Å². The van der Waals surface area contributed by atoms with Crippen LogP contribution in [0.4, 0.5) is 16.5 Å². The molecule has 0 saturated heterocycles. The lowest BCUT2D eigenvalue weighted by Crippen LogP contribution is -2.25. The summed E-state index contributed by atoms with van der Waals surface area (Å²) in [5.41, 5.74) is 3.51. The lowest BCUT2D eigenvalue weighted by molar-refractivity contribution is 0.282. The molecule has 3 aromatic rings. The number of aliphatic hydroxyl groups excluding tert-OH is 2. The number of anilines is 1. The van der Waals surface area contributed by atoms with Gasteiger partial charge in [0.15, 0.2) is 0 Å². The van der Waals surface area contributed by atoms with Gasteiger partial charge in [0.1, 0.15) is 0 Å². The van der Waals surface area contributed by atoms with Crippen molar-refractivity contribution in [3.8, 4) is 0 Å². The number of rotatable bonds is 7. The minimum atomic E-state index is 0.0160. The third-order valence-electron chi connectivity index (χ3n) is 3.84. The van der Waals surface area contributed by atoms with Gasteiger partial charge in [-0.05, 0) is 48.9 Å². The van der Waals surface area contributed by atoms with Gasteiger partial charge in [0.2, 0.25) is 5.13 Å². The molecule has 0 fully saturated rings. The summed E-state index contributed by atoms with van der Waals surface area (Å²) < 4.78 is 0.985. The highest BCUT2D eigenvalue weighted by molar-refractivity contribution is 7.21. The van der Waals surface area contributed by atoms with Crippen LogP contribution >= 0.6 is 11.3 Å². The van der Waals surface area contributed by atoms with Crippen molar-refractivity contribution in [3.05, 3.63) is 48.0 Å². The molecular weight excluding hydrogens is 336 g/mol. The van der Waals surface area contributed by atoms with Crippen molar-refractivity contribution in [2.75, 3.05) is 24.6 Å². The van der Waals surface area contributed by atoms with Crippen molar-refractivity contribution in [1.82, 2.24) is 4.98 Å². The summed E-state index contributed by atoms with van der Waals surface area (Å²) in [5, 5.41) is 27.3. The fourth-order valence-electron chi connectivity index (χ4n) is 2.52. The first-order chi connectivity index (χ1) is 12.2. The molecule has 0 spiro atoms. The van der Waals surface area contributed by atoms with E-state index in [0.29, 0.717) is 11.7 Å². The highest BCUT2D eigenvalue weighted by atomic mass is 32.1. The van der Waals surface area contributed by atoms with Gasteiger partial charge in [-0.3, -0.25) is 0 Å². The number of fused-ring (bicyclic) bond motifs is 1. The topological polar surface area (TPSA) is 81.3 Å². The minimum absolute atomic E-state index is 0.0160. The molecule has 25 heavy (non-hydrogen) atoms. The standard InChI is InChI=1S/C18H20N4O2S/c1-2-22(9-10-23)15-6-4-14(5-7-15)20-21-18-19-16-8-3-13(12-24)11-17(16)25-18/h3-8,11,23-24H,2,9-10,12H2,1H3/b21-20+. The molecule has 0 aliphatic carbocycles. The Bertz CT molecular complexity index is 861. The predicted molar refractivity (Wildman–Crippen MR) is 101 cm³/mol. The summed E-state index contributed by atoms with van der Waals surface area (Å²) in [6.45, 7) is 3.65. The van der Waals surface area contributed by atoms with Gasteiger partial charge in [0.25, 0.3) is 0 Å². The number of thiazole rings is 1. The smallest absolute Gasteiger partial charge is 0.231 e. The molecule has 0 bridgehead atoms. The van der Waals surface area contributed by atoms with E-state index in [-0.39, 0.29) is 13.2 Å². The third-order valence-corrected chi connectivity index (χ3v) is 4.74. The quantitative estimate of drug-likeness (QED) is 0.627. The van der Waals surface area contributed by atoms with Crippen LogP contribution in [0.3, 0.4) is 0 Å². The van der Waals surface area contributed by atoms with Crippen LogP contribution in [0.1, 0.15) is 12.5 Å². The summed E-state index contributed by atoms with van der Waals surface area (Å²) in [7, 11) is 0. The third kappa shape index (κ3) is 4.19. The molecule has 0 amide bonds. The summed E-state index contributed by atoms with van der Waals surface area (Å²) in [4.78, 5) is 6.52. The summed E-state index contributed by atoms with van der Waals surface area (Å²) >= 11 is 1.45. The first-order valence-electron chi connectivity index (χ1n) is 8.11. The van der Waals surface area contributed by atoms with Gasteiger partial charge in [-0.1, -0.05) is 17.4 Å². The molecule has 3 rings (SSSR count). The van der Waals surface area contributed by atoms with E-state index >= 15 is 0 Å². The second-order valence-corrected chi connectivity index (χ2v) is 6.49. The van der Waals surface area contributed by atoms with Crippen LogP contribution in [-0.4, -0.2) is 34.9 Å². The Labute approximate surface area is 150 Å². The first-order valence-corrected chi connectivity index (χ1v) is 8.93. The number of azo groups is 1. The number of hydrogen-bond acceptors (Lipinski definition) is 7. The second kappa shape index (κ2) is 8.15. The zero-order chi connectivity index (χ0) is 17.6. The van der Waals surface area contributed by atoms with Crippen LogP contribution in [0.15, 0.2) is 52.7 Å². The number of hydrogen-bond donors (Lipinski definition) is 2. The number of aliphatic hydroxyl groups is 2. The van der Waals surface area contributed by atoms with Crippen LogP contribution in [0.5, 0.6) is 0 Å². The lowest BCUT2D eigenvalue weighted by atomic mass is 10.2. The summed E-state index contributed by atoms with van der Waals surface area (Å²) in [6.07, 6.45) is 0. The Morgan fingerprint density at radius 3 is 2.56 bits per heavy atom. The largest absolute Gasteiger partial charge is 0.395 e. The van der Waals surface area contributed by atoms with Crippen LogP contribution < -0.4 is 4.90 Å². The maximum Gasteiger partial charge on any atom is 0.231 e. The molecule has 130 valence electrons. The highest BCUT2D eigenvalue weighted by Gasteiger charge is 2.05. The molecule has 2 aromatic carbocycles. The SMILES string of the molecule is CCN(CCO)c1ccc(/N=N/c2nc3ccc(CO)cc3s2)cc1. The zero-order valence-electron chi connectivity index (χ0n) is 14.0. The van der Waals surface area contributed by atoms with Gasteiger partial charge >= 0.3 is 0 Å². The van der Waals surface area contributed by atoms with Crippen LogP contribution in [0.2, 0.25) is 0 Å². The molecule has 2 N–H and O–H groups in total. The van der Waals surface area contributed by atoms with Crippen molar-refractivity contribution < 1.29 is 10.2 Å². The Morgan fingerprint density at radius 2 is 1.88 bits per heavy atom. The van der Waals surface area contributed by atoms with Gasteiger partial charge in [0.05, 0.1) is 29.1 Å². The van der Waals surface area contributed by atoms with Crippen molar-refractivity contribution in [3.63, 3.8) is 0 Å². The van der Waals surface area contributed by atoms with Gasteiger partial charge in [-0.15, -0.1) is 10.2 Å². The van der Waals surface area contributed by atoms with Crippen molar-refractivity contribution >= 4 is 38.1 Å². The van der Waals surface area contributed by atoms with E-state index in [4.69, 9.17) is 5.11 Å². The predicted octanol–water partition coefficient (Wildman–Crippen LogP) is 4.02. The maximum atomic E-state index is 9.19. The van der Waals surface area contributed by atoms with E-state index < -0.39 is 0 Å². The molecule has 1 aromatic heterocycles. The normalized spacial score (nSPS) is 11.5. The maximum absolute atomic E-state index is 9.19. The van der Waals surface area contributed by atoms with Gasteiger partial charge in [-0.25, -0.2) is 4.98 Å². The van der Waals surface area contributed by atoms with E-state index in [0.717, 1.165) is 33.7 Å². The molecule has 0 radical (unpaired) electrons. The molecule has 0 unspecified atom stereocenters. The van der Waals surface area contributed by atoms with Crippen LogP contribution in [0, 0.1) is 0 Å².